The number of aliphatic hydroxyl groups is 1. The second kappa shape index (κ2) is 6.65. The molecule has 5 nitrogen and oxygen atoms in total. The second-order valence-corrected chi connectivity index (χ2v) is 7.25. The van der Waals surface area contributed by atoms with Gasteiger partial charge in [-0.1, -0.05) is 32.3 Å². The number of nitrogens with one attached hydrogen (secondary N) is 1. The minimum Gasteiger partial charge on any atom is -0.392 e. The van der Waals surface area contributed by atoms with Crippen molar-refractivity contribution in [1.82, 2.24) is 9.71 Å². The molecule has 2 rings (SSSR count). The number of sulfonamides is 1. The van der Waals surface area contributed by atoms with Gasteiger partial charge in [-0.15, -0.1) is 0 Å². The van der Waals surface area contributed by atoms with Crippen LogP contribution in [-0.4, -0.2) is 25.1 Å². The molecule has 1 aliphatic rings. The van der Waals surface area contributed by atoms with Crippen LogP contribution in [0, 0.1) is 11.8 Å². The summed E-state index contributed by atoms with van der Waals surface area (Å²) in [7, 11) is -3.55. The van der Waals surface area contributed by atoms with Crippen molar-refractivity contribution < 1.29 is 13.5 Å². The van der Waals surface area contributed by atoms with Crippen molar-refractivity contribution in [2.75, 3.05) is 6.54 Å². The van der Waals surface area contributed by atoms with Crippen molar-refractivity contribution in [3.8, 4) is 0 Å². The molecule has 1 aromatic heterocycles. The Bertz CT molecular complexity index is 528. The van der Waals surface area contributed by atoms with Crippen molar-refractivity contribution in [3.63, 3.8) is 0 Å². The smallest absolute Gasteiger partial charge is 0.258 e. The summed E-state index contributed by atoms with van der Waals surface area (Å²) in [5.41, 5.74) is 0.602. The molecule has 112 valence electrons. The normalized spacial score (nSPS) is 23.7. The van der Waals surface area contributed by atoms with Gasteiger partial charge in [-0.05, 0) is 29.9 Å². The summed E-state index contributed by atoms with van der Waals surface area (Å²) >= 11 is 0. The third-order valence-electron chi connectivity index (χ3n) is 4.08. The molecule has 0 aromatic carbocycles. The van der Waals surface area contributed by atoms with Crippen molar-refractivity contribution in [1.29, 1.82) is 0 Å². The van der Waals surface area contributed by atoms with E-state index in [1.807, 2.05) is 0 Å². The van der Waals surface area contributed by atoms with Gasteiger partial charge in [-0.25, -0.2) is 18.1 Å². The molecule has 0 aliphatic heterocycles. The Morgan fingerprint density at radius 2 is 2.10 bits per heavy atom. The lowest BCUT2D eigenvalue weighted by molar-refractivity contribution is 0.257. The fourth-order valence-corrected chi connectivity index (χ4v) is 3.67. The molecule has 2 unspecified atom stereocenters. The molecule has 20 heavy (non-hydrogen) atoms. The summed E-state index contributed by atoms with van der Waals surface area (Å²) in [6.07, 6.45) is 6.07. The van der Waals surface area contributed by atoms with Crippen LogP contribution in [0.3, 0.4) is 0 Å². The van der Waals surface area contributed by atoms with Crippen LogP contribution in [0.1, 0.15) is 38.2 Å². The maximum absolute atomic E-state index is 12.1. The standard InChI is InChI=1S/C14H22N2O3S/c1-11-4-2-3-5-13(11)9-16-20(18,19)14-7-6-12(10-17)8-15-14/h6-8,11,13,16-17H,2-5,9-10H2,1H3. The van der Waals surface area contributed by atoms with Crippen LogP contribution in [0.25, 0.3) is 0 Å². The van der Waals surface area contributed by atoms with E-state index in [0.717, 1.165) is 6.42 Å². The highest BCUT2D eigenvalue weighted by Gasteiger charge is 2.24. The predicted molar refractivity (Wildman–Crippen MR) is 76.5 cm³/mol. The minimum absolute atomic E-state index is 0.0122. The van der Waals surface area contributed by atoms with Gasteiger partial charge in [0.25, 0.3) is 10.0 Å². The lowest BCUT2D eigenvalue weighted by atomic mass is 9.81. The number of rotatable bonds is 5. The Hall–Kier alpha value is -0.980. The average molecular weight is 298 g/mol. The summed E-state index contributed by atoms with van der Waals surface area (Å²) in [5, 5.41) is 8.94. The Kier molecular flexibility index (Phi) is 5.12. The molecule has 0 radical (unpaired) electrons. The molecule has 1 fully saturated rings. The predicted octanol–water partition coefficient (Wildman–Crippen LogP) is 1.68. The number of hydrogen-bond acceptors (Lipinski definition) is 4. The van der Waals surface area contributed by atoms with E-state index in [9.17, 15) is 8.42 Å². The zero-order valence-corrected chi connectivity index (χ0v) is 12.6. The fourth-order valence-electron chi connectivity index (χ4n) is 2.65. The largest absolute Gasteiger partial charge is 0.392 e. The first-order valence-corrected chi connectivity index (χ1v) is 8.56. The second-order valence-electron chi connectivity index (χ2n) is 5.54. The van der Waals surface area contributed by atoms with Gasteiger partial charge in [-0.2, -0.15) is 0 Å². The van der Waals surface area contributed by atoms with Crippen molar-refractivity contribution >= 4 is 10.0 Å². The van der Waals surface area contributed by atoms with Crippen LogP contribution in [0.4, 0.5) is 0 Å². The van der Waals surface area contributed by atoms with E-state index in [-0.39, 0.29) is 11.6 Å². The first kappa shape index (κ1) is 15.4. The summed E-state index contributed by atoms with van der Waals surface area (Å²) < 4.78 is 27.0. The summed E-state index contributed by atoms with van der Waals surface area (Å²) in [6.45, 7) is 2.53. The molecule has 0 bridgehead atoms. The maximum Gasteiger partial charge on any atom is 0.258 e. The zero-order chi connectivity index (χ0) is 14.6. The SMILES string of the molecule is CC1CCCCC1CNS(=O)(=O)c1ccc(CO)cn1. The van der Waals surface area contributed by atoms with Crippen molar-refractivity contribution in [2.45, 2.75) is 44.2 Å². The number of hydrogen-bond donors (Lipinski definition) is 2. The molecular formula is C14H22N2O3S. The van der Waals surface area contributed by atoms with Crippen LogP contribution >= 0.6 is 0 Å². The van der Waals surface area contributed by atoms with Gasteiger partial charge in [0, 0.05) is 12.7 Å². The molecular weight excluding hydrogens is 276 g/mol. The number of aromatic nitrogens is 1. The number of pyridine rings is 1. The Balaban J connectivity index is 1.99. The monoisotopic (exact) mass is 298 g/mol. The maximum atomic E-state index is 12.1. The van der Waals surface area contributed by atoms with E-state index < -0.39 is 10.0 Å². The van der Waals surface area contributed by atoms with Crippen LogP contribution in [0.5, 0.6) is 0 Å². The van der Waals surface area contributed by atoms with E-state index in [4.69, 9.17) is 5.11 Å². The van der Waals surface area contributed by atoms with Gasteiger partial charge in [0.05, 0.1) is 6.61 Å². The first-order chi connectivity index (χ1) is 9.53. The molecule has 1 aromatic rings. The number of nitrogens with zero attached hydrogens (tertiary/aromatic N) is 1. The van der Waals surface area contributed by atoms with E-state index >= 15 is 0 Å². The highest BCUT2D eigenvalue weighted by molar-refractivity contribution is 7.89. The van der Waals surface area contributed by atoms with E-state index in [0.29, 0.717) is 23.9 Å². The third-order valence-corrected chi connectivity index (χ3v) is 5.42. The topological polar surface area (TPSA) is 79.3 Å². The summed E-state index contributed by atoms with van der Waals surface area (Å²) in [6, 6.07) is 3.00. The Labute approximate surface area is 120 Å². The third kappa shape index (κ3) is 3.77. The molecule has 1 saturated carbocycles. The lowest BCUT2D eigenvalue weighted by Gasteiger charge is -2.28. The Morgan fingerprint density at radius 1 is 1.35 bits per heavy atom. The molecule has 0 saturated heterocycles. The van der Waals surface area contributed by atoms with Gasteiger partial charge in [0.1, 0.15) is 0 Å². The Morgan fingerprint density at radius 3 is 2.70 bits per heavy atom. The average Bonchev–Trinajstić information content (AvgIpc) is 2.46. The van der Waals surface area contributed by atoms with Crippen LogP contribution < -0.4 is 4.72 Å². The lowest BCUT2D eigenvalue weighted by Crippen LogP contribution is -2.33. The molecule has 0 amide bonds. The minimum atomic E-state index is -3.55. The van der Waals surface area contributed by atoms with Gasteiger partial charge in [-0.3, -0.25) is 0 Å². The summed E-state index contributed by atoms with van der Waals surface area (Å²) in [4.78, 5) is 3.89. The number of aliphatic hydroxyl groups excluding tert-OH is 1. The van der Waals surface area contributed by atoms with Gasteiger partial charge in [0.2, 0.25) is 0 Å². The molecule has 2 N–H and O–H groups in total. The molecule has 0 spiro atoms. The molecule has 1 heterocycles. The van der Waals surface area contributed by atoms with Gasteiger partial charge >= 0.3 is 0 Å². The molecule has 1 aliphatic carbocycles. The van der Waals surface area contributed by atoms with E-state index in [1.54, 1.807) is 6.07 Å². The first-order valence-electron chi connectivity index (χ1n) is 7.08. The van der Waals surface area contributed by atoms with E-state index in [1.165, 1.54) is 31.5 Å². The molecule has 2 atom stereocenters. The van der Waals surface area contributed by atoms with Gasteiger partial charge < -0.3 is 5.11 Å². The molecule has 6 heteroatoms. The quantitative estimate of drug-likeness (QED) is 0.867. The van der Waals surface area contributed by atoms with Crippen molar-refractivity contribution in [2.24, 2.45) is 11.8 Å². The highest BCUT2D eigenvalue weighted by atomic mass is 32.2. The fraction of sp³-hybridized carbons (Fsp3) is 0.643. The zero-order valence-electron chi connectivity index (χ0n) is 11.7. The van der Waals surface area contributed by atoms with Crippen LogP contribution in [-0.2, 0) is 16.6 Å². The van der Waals surface area contributed by atoms with Crippen LogP contribution in [0.15, 0.2) is 23.4 Å². The van der Waals surface area contributed by atoms with Crippen LogP contribution in [0.2, 0.25) is 0 Å². The van der Waals surface area contributed by atoms with E-state index in [2.05, 4.69) is 16.6 Å². The van der Waals surface area contributed by atoms with Gasteiger partial charge in [0.15, 0.2) is 5.03 Å². The van der Waals surface area contributed by atoms with Crippen molar-refractivity contribution in [3.05, 3.63) is 23.9 Å². The summed E-state index contributed by atoms with van der Waals surface area (Å²) in [5.74, 6) is 0.978. The highest BCUT2D eigenvalue weighted by Crippen LogP contribution is 2.29.